The smallest absolute Gasteiger partial charge is 0.284 e. The third kappa shape index (κ3) is 8.30. The van der Waals surface area contributed by atoms with Gasteiger partial charge in [0.15, 0.2) is 0 Å². The second kappa shape index (κ2) is 13.7. The molecule has 0 saturated heterocycles. The van der Waals surface area contributed by atoms with Gasteiger partial charge in [-0.25, -0.2) is 9.68 Å². The zero-order chi connectivity index (χ0) is 22.4. The number of aromatic nitrogens is 6. The van der Waals surface area contributed by atoms with Crippen molar-refractivity contribution >= 4 is 35.7 Å². The molecule has 0 fully saturated rings. The van der Waals surface area contributed by atoms with Crippen molar-refractivity contribution in [3.05, 3.63) is 0 Å². The minimum atomic E-state index is -0.332. The van der Waals surface area contributed by atoms with Crippen molar-refractivity contribution in [3.63, 3.8) is 0 Å². The van der Waals surface area contributed by atoms with Gasteiger partial charge in [-0.2, -0.15) is 29.9 Å². The van der Waals surface area contributed by atoms with Gasteiger partial charge in [-0.15, -0.1) is 0 Å². The van der Waals surface area contributed by atoms with Crippen molar-refractivity contribution in [3.8, 4) is 0 Å². The lowest BCUT2D eigenvalue weighted by Crippen LogP contribution is -2.23. The van der Waals surface area contributed by atoms with Crippen molar-refractivity contribution in [2.24, 2.45) is 0 Å². The number of anilines is 6. The summed E-state index contributed by atoms with van der Waals surface area (Å²) in [6.45, 7) is -1.31. The predicted octanol–water partition coefficient (Wildman–Crippen LogP) is -3.30. The monoisotopic (exact) mass is 432 g/mol. The van der Waals surface area contributed by atoms with E-state index in [2.05, 4.69) is 51.2 Å². The molecule has 18 nitrogen and oxygen atoms in total. The summed E-state index contributed by atoms with van der Waals surface area (Å²) >= 11 is 0. The molecule has 0 saturated carbocycles. The van der Waals surface area contributed by atoms with Gasteiger partial charge in [0.2, 0.25) is 29.7 Å². The molecule has 2 aromatic rings. The molecule has 2 heterocycles. The Kier molecular flexibility index (Phi) is 11.2. The Morgan fingerprint density at radius 2 is 1.03 bits per heavy atom. The van der Waals surface area contributed by atoms with Crippen molar-refractivity contribution < 1.29 is 30.1 Å². The maximum Gasteiger partial charge on any atom is 0.284 e. The Morgan fingerprint density at radius 1 is 0.667 bits per heavy atom. The van der Waals surface area contributed by atoms with Gasteiger partial charge in [0.1, 0.15) is 26.9 Å². The molecular weight excluding hydrogens is 408 g/mol. The molecule has 10 N–H and O–H groups in total. The van der Waals surface area contributed by atoms with Crippen LogP contribution in [0.3, 0.4) is 0 Å². The van der Waals surface area contributed by atoms with E-state index in [1.807, 2.05) is 0 Å². The van der Waals surface area contributed by atoms with E-state index in [1.54, 1.807) is 0 Å². The predicted molar refractivity (Wildman–Crippen MR) is 103 cm³/mol. The minimum absolute atomic E-state index is 0.0185. The molecule has 0 aliphatic rings. The number of hydrogen-bond donors (Lipinski definition) is 9. The topological polar surface area (TPSA) is 254 Å². The molecule has 0 radical (unpaired) electrons. The fraction of sp³-hybridized carbons (Fsp3) is 0.500. The Hall–Kier alpha value is -3.42. The molecule has 0 amide bonds. The summed E-state index contributed by atoms with van der Waals surface area (Å²) in [7, 11) is 2.76. The fourth-order valence-electron chi connectivity index (χ4n) is 1.68. The van der Waals surface area contributed by atoms with Gasteiger partial charge in [-0.05, 0) is 0 Å². The van der Waals surface area contributed by atoms with E-state index in [0.717, 1.165) is 5.23 Å². The first-order valence-corrected chi connectivity index (χ1v) is 8.06. The average Bonchev–Trinajstić information content (AvgIpc) is 2.70. The molecule has 0 spiro atoms. The van der Waals surface area contributed by atoms with Crippen LogP contribution in [0.5, 0.6) is 0 Å². The van der Waals surface area contributed by atoms with Crippen LogP contribution in [0.15, 0.2) is 0 Å². The lowest BCUT2D eigenvalue weighted by atomic mass is 10.8. The number of aliphatic hydroxyl groups is 4. The van der Waals surface area contributed by atoms with Gasteiger partial charge in [-0.1, -0.05) is 5.23 Å². The molecule has 168 valence electrons. The van der Waals surface area contributed by atoms with E-state index in [-0.39, 0.29) is 62.6 Å². The Morgan fingerprint density at radius 3 is 1.37 bits per heavy atom. The first kappa shape index (κ1) is 24.6. The number of nitrogens with two attached hydrogens (primary N) is 1. The normalized spacial score (nSPS) is 9.93. The highest BCUT2D eigenvalue weighted by molar-refractivity contribution is 5.41. The van der Waals surface area contributed by atoms with Gasteiger partial charge in [0, 0.05) is 0 Å². The number of nitrogens with one attached hydrogen (secondary N) is 4. The summed E-state index contributed by atoms with van der Waals surface area (Å²) < 4.78 is 0. The summed E-state index contributed by atoms with van der Waals surface area (Å²) in [6.07, 6.45) is 0. The van der Waals surface area contributed by atoms with E-state index in [4.69, 9.17) is 35.8 Å². The summed E-state index contributed by atoms with van der Waals surface area (Å²) in [5.74, 6) is 0.552. The van der Waals surface area contributed by atoms with E-state index in [0.29, 0.717) is 0 Å². The summed E-state index contributed by atoms with van der Waals surface area (Å²) in [5.41, 5.74) is 5.42. The Bertz CT molecular complexity index is 685. The lowest BCUT2D eigenvalue weighted by Gasteiger charge is -2.15. The number of nitrogen functional groups attached to an aromatic ring is 1. The molecule has 2 rings (SSSR count). The van der Waals surface area contributed by atoms with Crippen LogP contribution >= 0.6 is 0 Å². The molecule has 2 aromatic heterocycles. The maximum atomic E-state index is 8.63. The quantitative estimate of drug-likeness (QED) is 0.124. The van der Waals surface area contributed by atoms with Crippen molar-refractivity contribution in [2.45, 2.75) is 0 Å². The second-order valence-electron chi connectivity index (χ2n) is 4.59. The SMILES string of the molecule is CON(OC)c1nc(N)nc(NCO)n1.OCNc1nc(NCO)nc(NCO)n1. The van der Waals surface area contributed by atoms with Crippen LogP contribution in [0.2, 0.25) is 0 Å². The van der Waals surface area contributed by atoms with Gasteiger partial charge in [0.05, 0.1) is 14.2 Å². The van der Waals surface area contributed by atoms with Gasteiger partial charge in [0.25, 0.3) is 5.95 Å². The van der Waals surface area contributed by atoms with Crippen LogP contribution in [0, 0.1) is 0 Å². The van der Waals surface area contributed by atoms with Gasteiger partial charge in [-0.3, -0.25) is 0 Å². The number of aliphatic hydroxyl groups excluding tert-OH is 4. The van der Waals surface area contributed by atoms with E-state index in [9.17, 15) is 0 Å². The first-order chi connectivity index (χ1) is 14.5. The number of nitrogens with zero attached hydrogens (tertiary/aromatic N) is 7. The first-order valence-electron chi connectivity index (χ1n) is 8.06. The van der Waals surface area contributed by atoms with E-state index < -0.39 is 0 Å². The zero-order valence-electron chi connectivity index (χ0n) is 16.1. The summed E-state index contributed by atoms with van der Waals surface area (Å²) in [4.78, 5) is 32.4. The van der Waals surface area contributed by atoms with Crippen LogP contribution in [0.25, 0.3) is 0 Å². The third-order valence-corrected chi connectivity index (χ3v) is 2.72. The Balaban J connectivity index is 0.000000300. The lowest BCUT2D eigenvalue weighted by molar-refractivity contribution is -0.0471. The highest BCUT2D eigenvalue weighted by atomic mass is 16.9. The van der Waals surface area contributed by atoms with Crippen LogP contribution in [-0.4, -0.2) is 91.5 Å². The minimum Gasteiger partial charge on any atom is -0.376 e. The number of rotatable bonds is 11. The number of hydrogen-bond acceptors (Lipinski definition) is 18. The molecule has 0 atom stereocenters. The maximum absolute atomic E-state index is 8.63. The Labute approximate surface area is 170 Å². The molecule has 0 unspecified atom stereocenters. The summed E-state index contributed by atoms with van der Waals surface area (Å²) in [5, 5.41) is 45.2. The van der Waals surface area contributed by atoms with Crippen LogP contribution in [0.1, 0.15) is 0 Å². The molecule has 0 aliphatic carbocycles. The van der Waals surface area contributed by atoms with Crippen molar-refractivity contribution in [1.82, 2.24) is 29.9 Å². The van der Waals surface area contributed by atoms with Gasteiger partial charge >= 0.3 is 0 Å². The van der Waals surface area contributed by atoms with E-state index in [1.165, 1.54) is 14.2 Å². The largest absolute Gasteiger partial charge is 0.376 e. The van der Waals surface area contributed by atoms with E-state index >= 15 is 0 Å². The van der Waals surface area contributed by atoms with Crippen molar-refractivity contribution in [1.29, 1.82) is 0 Å². The van der Waals surface area contributed by atoms with Crippen LogP contribution < -0.4 is 32.2 Å². The average molecular weight is 432 g/mol. The van der Waals surface area contributed by atoms with Crippen LogP contribution in [0.4, 0.5) is 35.7 Å². The molecule has 0 aromatic carbocycles. The van der Waals surface area contributed by atoms with Crippen LogP contribution in [-0.2, 0) is 9.68 Å². The fourth-order valence-corrected chi connectivity index (χ4v) is 1.68. The highest BCUT2D eigenvalue weighted by Crippen LogP contribution is 2.11. The molecule has 30 heavy (non-hydrogen) atoms. The molecular formula is C12H24N12O6. The second-order valence-corrected chi connectivity index (χ2v) is 4.59. The van der Waals surface area contributed by atoms with Crippen molar-refractivity contribution in [2.75, 3.05) is 73.4 Å². The third-order valence-electron chi connectivity index (χ3n) is 2.72. The highest BCUT2D eigenvalue weighted by Gasteiger charge is 2.11. The standard InChI is InChI=1S/2C6H12N6O3/c1-14-12(15-2)6-10-4(7)9-5(11-6)8-3-13;13-1-7-4-10-5(8-2-14)12-6(11-4)9-3-15/h13H,3H2,1-2H3,(H3,7,8,9,10,11);13-15H,1-3H2,(H3,7,8,9,10,11,12). The molecule has 0 aliphatic heterocycles. The molecule has 18 heteroatoms. The summed E-state index contributed by atoms with van der Waals surface area (Å²) in [6, 6.07) is 0. The molecule has 0 bridgehead atoms. The van der Waals surface area contributed by atoms with Gasteiger partial charge < -0.3 is 47.4 Å². The zero-order valence-corrected chi connectivity index (χ0v) is 16.1.